The van der Waals surface area contributed by atoms with Gasteiger partial charge in [-0.2, -0.15) is 0 Å². The highest BCUT2D eigenvalue weighted by Crippen LogP contribution is 2.25. The van der Waals surface area contributed by atoms with E-state index in [1.54, 1.807) is 10.6 Å². The number of carbonyl (C=O) groups excluding carboxylic acids is 1. The molecule has 0 radical (unpaired) electrons. The first-order valence-electron chi connectivity index (χ1n) is 11.7. The van der Waals surface area contributed by atoms with E-state index in [-0.39, 0.29) is 12.2 Å². The Morgan fingerprint density at radius 1 is 1.06 bits per heavy atom. The topological polar surface area (TPSA) is 97.4 Å². The van der Waals surface area contributed by atoms with Crippen LogP contribution in [0.1, 0.15) is 46.8 Å². The van der Waals surface area contributed by atoms with E-state index in [4.69, 9.17) is 13.9 Å². The second-order valence-corrected chi connectivity index (χ2v) is 8.61. The molecule has 2 aliphatic rings. The summed E-state index contributed by atoms with van der Waals surface area (Å²) in [6.07, 6.45) is 4.17. The summed E-state index contributed by atoms with van der Waals surface area (Å²) in [5, 5.41) is 9.21. The van der Waals surface area contributed by atoms with Crippen molar-refractivity contribution in [3.05, 3.63) is 51.3 Å². The van der Waals surface area contributed by atoms with Crippen molar-refractivity contribution in [3.8, 4) is 5.75 Å². The number of piperidine rings is 1. The van der Waals surface area contributed by atoms with E-state index in [9.17, 15) is 14.7 Å². The maximum absolute atomic E-state index is 12.9. The number of carbonyl (C=O) groups is 1. The molecule has 1 N–H and O–H groups in total. The largest absolute Gasteiger partial charge is 0.491 e. The number of hydrogen-bond acceptors (Lipinski definition) is 8. The van der Waals surface area contributed by atoms with Crippen LogP contribution in [0.3, 0.4) is 0 Å². The van der Waals surface area contributed by atoms with Crippen LogP contribution in [0.25, 0.3) is 0 Å². The molecule has 0 aliphatic carbocycles. The monoisotopic (exact) mass is 459 g/mol. The number of esters is 1. The molecular formula is C24H33N3O6. The van der Waals surface area contributed by atoms with Crippen LogP contribution in [0.5, 0.6) is 5.75 Å². The Kier molecular flexibility index (Phi) is 7.85. The molecule has 2 aromatic rings. The molecule has 0 saturated carbocycles. The number of methoxy groups -OCH3 is 1. The van der Waals surface area contributed by atoms with Crippen molar-refractivity contribution in [3.63, 3.8) is 0 Å². The number of aliphatic hydroxyl groups is 1. The number of aromatic nitrogens is 1. The van der Waals surface area contributed by atoms with Crippen LogP contribution in [0.2, 0.25) is 0 Å². The van der Waals surface area contributed by atoms with Gasteiger partial charge in [0.1, 0.15) is 36.0 Å². The van der Waals surface area contributed by atoms with Crippen LogP contribution in [-0.2, 0) is 30.9 Å². The fraction of sp³-hybridized carbons (Fsp3) is 0.583. The lowest BCUT2D eigenvalue weighted by Crippen LogP contribution is -2.34. The maximum Gasteiger partial charge on any atom is 0.343 e. The van der Waals surface area contributed by atoms with Gasteiger partial charge in [-0.25, -0.2) is 4.79 Å². The van der Waals surface area contributed by atoms with Crippen molar-refractivity contribution in [2.24, 2.45) is 0 Å². The van der Waals surface area contributed by atoms with E-state index in [2.05, 4.69) is 9.80 Å². The quantitative estimate of drug-likeness (QED) is 0.595. The summed E-state index contributed by atoms with van der Waals surface area (Å²) in [5.74, 6) is 1.10. The molecule has 9 heteroatoms. The third kappa shape index (κ3) is 5.66. The first kappa shape index (κ1) is 23.5. The lowest BCUT2D eigenvalue weighted by Gasteiger charge is -2.26. The summed E-state index contributed by atoms with van der Waals surface area (Å²) in [4.78, 5) is 30.2. The molecule has 0 aromatic carbocycles. The Hall–Kier alpha value is -2.62. The van der Waals surface area contributed by atoms with Gasteiger partial charge in [-0.1, -0.05) is 6.42 Å². The second kappa shape index (κ2) is 11.0. The summed E-state index contributed by atoms with van der Waals surface area (Å²) < 4.78 is 18.3. The van der Waals surface area contributed by atoms with E-state index in [0.29, 0.717) is 62.0 Å². The Labute approximate surface area is 193 Å². The number of furan rings is 1. The number of hydrogen-bond donors (Lipinski definition) is 1. The molecule has 0 bridgehead atoms. The first-order valence-corrected chi connectivity index (χ1v) is 11.7. The zero-order chi connectivity index (χ0) is 23.2. The lowest BCUT2D eigenvalue weighted by atomic mass is 10.1. The number of fused-ring (bicyclic) bond motifs is 1. The Bertz CT molecular complexity index is 1010. The zero-order valence-electron chi connectivity index (χ0n) is 19.3. The minimum atomic E-state index is -0.487. The molecular weight excluding hydrogens is 426 g/mol. The van der Waals surface area contributed by atoms with Crippen molar-refractivity contribution in [1.29, 1.82) is 0 Å². The molecule has 0 spiro atoms. The molecule has 4 rings (SSSR count). The van der Waals surface area contributed by atoms with Gasteiger partial charge in [0.2, 0.25) is 0 Å². The van der Waals surface area contributed by atoms with Gasteiger partial charge in [0.05, 0.1) is 13.7 Å². The Morgan fingerprint density at radius 3 is 2.58 bits per heavy atom. The molecule has 33 heavy (non-hydrogen) atoms. The molecule has 0 atom stereocenters. The number of rotatable bonds is 8. The SMILES string of the molecule is COC(=O)c1c(OCCN2CCCCC2)cc(=O)n2c1CCN(Cc1ccc(CO)o1)CC2. The molecule has 9 nitrogen and oxygen atoms in total. The van der Waals surface area contributed by atoms with Crippen molar-refractivity contribution in [2.75, 3.05) is 46.4 Å². The average Bonchev–Trinajstić information content (AvgIpc) is 3.18. The fourth-order valence-corrected chi connectivity index (χ4v) is 4.67. The van der Waals surface area contributed by atoms with Gasteiger partial charge in [0.25, 0.3) is 5.56 Å². The highest BCUT2D eigenvalue weighted by molar-refractivity contribution is 5.93. The number of ether oxygens (including phenoxy) is 2. The number of nitrogens with zero attached hydrogens (tertiary/aromatic N) is 3. The van der Waals surface area contributed by atoms with Crippen LogP contribution < -0.4 is 10.3 Å². The second-order valence-electron chi connectivity index (χ2n) is 8.61. The molecule has 2 aromatic heterocycles. The van der Waals surface area contributed by atoms with E-state index in [1.807, 2.05) is 6.07 Å². The number of pyridine rings is 1. The summed E-state index contributed by atoms with van der Waals surface area (Å²) in [6.45, 7) is 5.49. The zero-order valence-corrected chi connectivity index (χ0v) is 19.3. The molecule has 0 unspecified atom stereocenters. The summed E-state index contributed by atoms with van der Waals surface area (Å²) >= 11 is 0. The first-order chi connectivity index (χ1) is 16.1. The van der Waals surface area contributed by atoms with E-state index < -0.39 is 5.97 Å². The van der Waals surface area contributed by atoms with Crippen molar-refractivity contribution >= 4 is 5.97 Å². The third-order valence-corrected chi connectivity index (χ3v) is 6.44. The van der Waals surface area contributed by atoms with E-state index in [0.717, 1.165) is 25.4 Å². The van der Waals surface area contributed by atoms with Gasteiger partial charge in [-0.05, 0) is 38.1 Å². The van der Waals surface area contributed by atoms with Crippen LogP contribution in [0.4, 0.5) is 0 Å². The van der Waals surface area contributed by atoms with Crippen LogP contribution in [-0.4, -0.2) is 71.9 Å². The summed E-state index contributed by atoms with van der Waals surface area (Å²) in [5.41, 5.74) is 0.825. The molecule has 1 saturated heterocycles. The van der Waals surface area contributed by atoms with Crippen molar-refractivity contribution in [1.82, 2.24) is 14.4 Å². The highest BCUT2D eigenvalue weighted by Gasteiger charge is 2.26. The van der Waals surface area contributed by atoms with E-state index in [1.165, 1.54) is 32.4 Å². The maximum atomic E-state index is 12.9. The van der Waals surface area contributed by atoms with E-state index >= 15 is 0 Å². The third-order valence-electron chi connectivity index (χ3n) is 6.44. The molecule has 180 valence electrons. The standard InChI is InChI=1S/C24H33N3O6/c1-31-24(30)23-20-7-10-26(16-18-5-6-19(17-28)33-18)11-12-27(20)22(29)15-21(23)32-14-13-25-8-3-2-4-9-25/h5-6,15,28H,2-4,7-14,16-17H2,1H3. The average molecular weight is 460 g/mol. The minimum Gasteiger partial charge on any atom is -0.491 e. The Balaban J connectivity index is 1.50. The molecule has 0 amide bonds. The normalized spacial score (nSPS) is 17.4. The van der Waals surface area contributed by atoms with Gasteiger partial charge in [-0.3, -0.25) is 14.6 Å². The van der Waals surface area contributed by atoms with Crippen LogP contribution in [0, 0.1) is 0 Å². The van der Waals surface area contributed by atoms with Crippen LogP contribution in [0.15, 0.2) is 27.4 Å². The molecule has 4 heterocycles. The highest BCUT2D eigenvalue weighted by atomic mass is 16.5. The predicted octanol–water partition coefficient (Wildman–Crippen LogP) is 1.64. The summed E-state index contributed by atoms with van der Waals surface area (Å²) in [6, 6.07) is 5.03. The van der Waals surface area contributed by atoms with Gasteiger partial charge in [0, 0.05) is 44.4 Å². The molecule has 1 fully saturated rings. The minimum absolute atomic E-state index is 0.135. The smallest absolute Gasteiger partial charge is 0.343 e. The molecule has 2 aliphatic heterocycles. The summed E-state index contributed by atoms with van der Waals surface area (Å²) in [7, 11) is 1.35. The lowest BCUT2D eigenvalue weighted by molar-refractivity contribution is 0.0592. The van der Waals surface area contributed by atoms with Crippen molar-refractivity contribution < 1.29 is 23.8 Å². The van der Waals surface area contributed by atoms with Gasteiger partial charge >= 0.3 is 5.97 Å². The number of aliphatic hydroxyl groups excluding tert-OH is 1. The van der Waals surface area contributed by atoms with Crippen molar-refractivity contribution in [2.45, 2.75) is 45.4 Å². The van der Waals surface area contributed by atoms with Gasteiger partial charge < -0.3 is 23.6 Å². The number of likely N-dealkylation sites (tertiary alicyclic amines) is 1. The fourth-order valence-electron chi connectivity index (χ4n) is 4.67. The van der Waals surface area contributed by atoms with Gasteiger partial charge in [0.15, 0.2) is 0 Å². The predicted molar refractivity (Wildman–Crippen MR) is 121 cm³/mol. The van der Waals surface area contributed by atoms with Gasteiger partial charge in [-0.15, -0.1) is 0 Å². The Morgan fingerprint density at radius 2 is 1.85 bits per heavy atom. The van der Waals surface area contributed by atoms with Crippen LogP contribution >= 0.6 is 0 Å².